The summed E-state index contributed by atoms with van der Waals surface area (Å²) in [6.45, 7) is -0.206. The summed E-state index contributed by atoms with van der Waals surface area (Å²) < 4.78 is 60.3. The lowest BCUT2D eigenvalue weighted by molar-refractivity contribution is 0.0946. The number of halogens is 4. The molecule has 1 heterocycles. The standard InChI is InChI=1S/C24H16F4N2O2S/c25-15-6-4-14(5-7-15)11-29-23(31)22-13-33-24(30-22)17-9-8-16(10-21(17)28)32-12-18-19(26)2-1-3-20(18)27/h1-10,13H,11-12H2,(H,29,31). The quantitative estimate of drug-likeness (QED) is 0.342. The van der Waals surface area contributed by atoms with Crippen LogP contribution in [0.3, 0.4) is 0 Å². The van der Waals surface area contributed by atoms with Gasteiger partial charge in [0.15, 0.2) is 0 Å². The monoisotopic (exact) mass is 472 g/mol. The van der Waals surface area contributed by atoms with Crippen LogP contribution in [0, 0.1) is 23.3 Å². The summed E-state index contributed by atoms with van der Waals surface area (Å²) in [6, 6.07) is 13.1. The molecule has 0 atom stereocenters. The molecule has 0 fully saturated rings. The van der Waals surface area contributed by atoms with E-state index in [1.165, 1.54) is 35.7 Å². The number of nitrogens with zero attached hydrogens (tertiary/aromatic N) is 1. The van der Waals surface area contributed by atoms with Gasteiger partial charge in [-0.15, -0.1) is 11.3 Å². The van der Waals surface area contributed by atoms with Crippen molar-refractivity contribution in [3.63, 3.8) is 0 Å². The topological polar surface area (TPSA) is 51.2 Å². The number of ether oxygens (including phenoxy) is 1. The number of hydrogen-bond donors (Lipinski definition) is 1. The third-order valence-electron chi connectivity index (χ3n) is 4.72. The highest BCUT2D eigenvalue weighted by atomic mass is 32.1. The Labute approximate surface area is 190 Å². The van der Waals surface area contributed by atoms with Crippen LogP contribution in [0.1, 0.15) is 21.6 Å². The van der Waals surface area contributed by atoms with E-state index in [-0.39, 0.29) is 39.9 Å². The van der Waals surface area contributed by atoms with Crippen LogP contribution in [0.2, 0.25) is 0 Å². The molecule has 0 aliphatic carbocycles. The van der Waals surface area contributed by atoms with Crippen molar-refractivity contribution >= 4 is 17.2 Å². The number of benzene rings is 3. The van der Waals surface area contributed by atoms with Crippen molar-refractivity contribution in [2.24, 2.45) is 0 Å². The molecule has 1 aromatic heterocycles. The zero-order chi connectivity index (χ0) is 23.4. The molecule has 0 saturated carbocycles. The van der Waals surface area contributed by atoms with Gasteiger partial charge in [-0.3, -0.25) is 4.79 Å². The van der Waals surface area contributed by atoms with Crippen molar-refractivity contribution < 1.29 is 27.1 Å². The summed E-state index contributed by atoms with van der Waals surface area (Å²) in [5.74, 6) is -2.89. The van der Waals surface area contributed by atoms with Gasteiger partial charge in [0.1, 0.15) is 46.3 Å². The first kappa shape index (κ1) is 22.5. The van der Waals surface area contributed by atoms with Crippen LogP contribution in [-0.4, -0.2) is 10.9 Å². The Balaban J connectivity index is 1.41. The highest BCUT2D eigenvalue weighted by Crippen LogP contribution is 2.29. The first-order chi connectivity index (χ1) is 15.9. The first-order valence-electron chi connectivity index (χ1n) is 9.74. The zero-order valence-corrected chi connectivity index (χ0v) is 17.8. The number of carbonyl (C=O) groups excluding carboxylic acids is 1. The van der Waals surface area contributed by atoms with Crippen LogP contribution >= 0.6 is 11.3 Å². The van der Waals surface area contributed by atoms with Crippen molar-refractivity contribution in [2.75, 3.05) is 0 Å². The van der Waals surface area contributed by atoms with Crippen molar-refractivity contribution in [1.82, 2.24) is 10.3 Å². The summed E-state index contributed by atoms with van der Waals surface area (Å²) in [6.07, 6.45) is 0. The summed E-state index contributed by atoms with van der Waals surface area (Å²) in [5, 5.41) is 4.46. The van der Waals surface area contributed by atoms with Gasteiger partial charge in [0.05, 0.1) is 5.56 Å². The third kappa shape index (κ3) is 5.38. The maximum atomic E-state index is 14.6. The molecule has 1 amide bonds. The van der Waals surface area contributed by atoms with Gasteiger partial charge >= 0.3 is 0 Å². The molecule has 9 heteroatoms. The summed E-state index contributed by atoms with van der Waals surface area (Å²) in [5.41, 5.74) is 0.740. The van der Waals surface area contributed by atoms with E-state index in [1.54, 1.807) is 12.1 Å². The molecule has 0 saturated heterocycles. The van der Waals surface area contributed by atoms with Crippen molar-refractivity contribution in [3.05, 3.63) is 106 Å². The Hall–Kier alpha value is -3.72. The van der Waals surface area contributed by atoms with Gasteiger partial charge in [-0.2, -0.15) is 0 Å². The van der Waals surface area contributed by atoms with Gasteiger partial charge in [0.2, 0.25) is 0 Å². The summed E-state index contributed by atoms with van der Waals surface area (Å²) >= 11 is 1.09. The number of carbonyl (C=O) groups is 1. The lowest BCUT2D eigenvalue weighted by atomic mass is 10.2. The van der Waals surface area contributed by atoms with Crippen molar-refractivity contribution in [2.45, 2.75) is 13.2 Å². The van der Waals surface area contributed by atoms with Gasteiger partial charge < -0.3 is 10.1 Å². The minimum absolute atomic E-state index is 0.0905. The largest absolute Gasteiger partial charge is 0.489 e. The number of thiazole rings is 1. The van der Waals surface area contributed by atoms with E-state index in [1.807, 2.05) is 0 Å². The molecule has 0 aliphatic heterocycles. The van der Waals surface area contributed by atoms with E-state index in [2.05, 4.69) is 10.3 Å². The maximum Gasteiger partial charge on any atom is 0.271 e. The molecule has 0 unspecified atom stereocenters. The fourth-order valence-corrected chi connectivity index (χ4v) is 3.79. The average molecular weight is 472 g/mol. The van der Waals surface area contributed by atoms with E-state index >= 15 is 0 Å². The maximum absolute atomic E-state index is 14.6. The van der Waals surface area contributed by atoms with E-state index in [0.29, 0.717) is 0 Å². The number of rotatable bonds is 7. The molecule has 33 heavy (non-hydrogen) atoms. The molecule has 0 bridgehead atoms. The minimum atomic E-state index is -0.750. The smallest absolute Gasteiger partial charge is 0.271 e. The normalized spacial score (nSPS) is 10.8. The molecule has 4 nitrogen and oxygen atoms in total. The van der Waals surface area contributed by atoms with Crippen LogP contribution < -0.4 is 10.1 Å². The van der Waals surface area contributed by atoms with Crippen LogP contribution in [0.5, 0.6) is 5.75 Å². The minimum Gasteiger partial charge on any atom is -0.489 e. The molecule has 0 aliphatic rings. The number of amides is 1. The second kappa shape index (κ2) is 9.83. The third-order valence-corrected chi connectivity index (χ3v) is 5.59. The van der Waals surface area contributed by atoms with Crippen LogP contribution in [0.25, 0.3) is 10.6 Å². The molecular formula is C24H16F4N2O2S. The molecular weight excluding hydrogens is 456 g/mol. The number of nitrogens with one attached hydrogen (secondary N) is 1. The molecule has 168 valence electrons. The Morgan fingerprint density at radius 2 is 1.67 bits per heavy atom. The van der Waals surface area contributed by atoms with E-state index in [4.69, 9.17) is 4.74 Å². The Morgan fingerprint density at radius 3 is 2.36 bits per heavy atom. The molecule has 3 aromatic carbocycles. The van der Waals surface area contributed by atoms with Gasteiger partial charge in [-0.25, -0.2) is 22.5 Å². The van der Waals surface area contributed by atoms with Crippen LogP contribution in [0.4, 0.5) is 17.6 Å². The highest BCUT2D eigenvalue weighted by molar-refractivity contribution is 7.13. The van der Waals surface area contributed by atoms with Crippen LogP contribution in [-0.2, 0) is 13.2 Å². The van der Waals surface area contributed by atoms with E-state index in [9.17, 15) is 22.4 Å². The highest BCUT2D eigenvalue weighted by Gasteiger charge is 2.16. The molecule has 4 aromatic rings. The van der Waals surface area contributed by atoms with Crippen molar-refractivity contribution in [3.8, 4) is 16.3 Å². The SMILES string of the molecule is O=C(NCc1ccc(F)cc1)c1csc(-c2ccc(OCc3c(F)cccc3F)cc2F)n1. The predicted molar refractivity (Wildman–Crippen MR) is 116 cm³/mol. The predicted octanol–water partition coefficient (Wildman–Crippen LogP) is 5.88. The van der Waals surface area contributed by atoms with E-state index in [0.717, 1.165) is 35.1 Å². The lowest BCUT2D eigenvalue weighted by Gasteiger charge is -2.09. The molecule has 4 rings (SSSR count). The van der Waals surface area contributed by atoms with E-state index < -0.39 is 30.0 Å². The van der Waals surface area contributed by atoms with Gasteiger partial charge in [0, 0.05) is 23.6 Å². The molecule has 1 N–H and O–H groups in total. The molecule has 0 radical (unpaired) electrons. The molecule has 0 spiro atoms. The second-order valence-electron chi connectivity index (χ2n) is 6.98. The van der Waals surface area contributed by atoms with Gasteiger partial charge in [-0.05, 0) is 42.0 Å². The first-order valence-corrected chi connectivity index (χ1v) is 10.6. The number of aromatic nitrogens is 1. The van der Waals surface area contributed by atoms with Gasteiger partial charge in [0.25, 0.3) is 5.91 Å². The summed E-state index contributed by atoms with van der Waals surface area (Å²) in [4.78, 5) is 16.5. The average Bonchev–Trinajstić information content (AvgIpc) is 3.28. The lowest BCUT2D eigenvalue weighted by Crippen LogP contribution is -2.23. The van der Waals surface area contributed by atoms with Crippen molar-refractivity contribution in [1.29, 1.82) is 0 Å². The Bertz CT molecular complexity index is 1270. The van der Waals surface area contributed by atoms with Crippen LogP contribution in [0.15, 0.2) is 66.0 Å². The second-order valence-corrected chi connectivity index (χ2v) is 7.84. The van der Waals surface area contributed by atoms with Gasteiger partial charge in [-0.1, -0.05) is 18.2 Å². The fourth-order valence-electron chi connectivity index (χ4n) is 2.96. The Morgan fingerprint density at radius 1 is 0.939 bits per heavy atom. The Kier molecular flexibility index (Phi) is 6.69. The summed E-state index contributed by atoms with van der Waals surface area (Å²) in [7, 11) is 0. The number of hydrogen-bond acceptors (Lipinski definition) is 4. The fraction of sp³-hybridized carbons (Fsp3) is 0.0833. The zero-order valence-electron chi connectivity index (χ0n) is 16.9.